The van der Waals surface area contributed by atoms with Crippen molar-refractivity contribution < 1.29 is 28.7 Å². The van der Waals surface area contributed by atoms with Crippen LogP contribution in [0, 0.1) is 0 Å². The molecule has 2 spiro atoms. The lowest BCUT2D eigenvalue weighted by Crippen LogP contribution is -2.73. The Morgan fingerprint density at radius 2 is 0.974 bits per heavy atom. The average Bonchev–Trinajstić information content (AvgIpc) is 3.06. The summed E-state index contributed by atoms with van der Waals surface area (Å²) in [6.07, 6.45) is 3.99. The third-order valence-corrected chi connectivity index (χ3v) is 9.84. The molecule has 5 aliphatic rings. The Morgan fingerprint density at radius 3 is 1.32 bits per heavy atom. The van der Waals surface area contributed by atoms with E-state index in [1.165, 1.54) is 0 Å². The predicted octanol–water partition coefficient (Wildman–Crippen LogP) is 4.92. The zero-order valence-electron chi connectivity index (χ0n) is 25.4. The molecule has 216 valence electrons. The van der Waals surface area contributed by atoms with E-state index in [2.05, 4.69) is 51.7 Å². The van der Waals surface area contributed by atoms with E-state index in [1.54, 1.807) is 0 Å². The Labute approximate surface area is 228 Å². The Bertz CT molecular complexity index is 952. The van der Waals surface area contributed by atoms with Crippen LogP contribution in [0.4, 0.5) is 0 Å². The van der Waals surface area contributed by atoms with Gasteiger partial charge in [-0.25, -0.2) is 0 Å². The van der Waals surface area contributed by atoms with Crippen LogP contribution in [-0.4, -0.2) is 79.5 Å². The standard InChI is InChI=1S/C30H50N2O6/c1-11-35-31-23(3,4)15-29-18-25(31,7)17-26(8)19-30(16-24(5,6)32(26)36-12-2)22(34)14-28(10,38-30)20-27(9,37-29)13-21(29)33/h11-20H2,1-10H3. The van der Waals surface area contributed by atoms with Crippen LogP contribution < -0.4 is 0 Å². The fraction of sp³-hybridized carbons (Fsp3) is 0.933. The normalized spacial score (nSPS) is 48.6. The van der Waals surface area contributed by atoms with Gasteiger partial charge in [0.15, 0.2) is 11.6 Å². The van der Waals surface area contributed by atoms with Crippen LogP contribution in [0.5, 0.6) is 0 Å². The molecule has 0 N–H and O–H groups in total. The average molecular weight is 535 g/mol. The number of hydroxylamine groups is 4. The van der Waals surface area contributed by atoms with Crippen LogP contribution in [0.25, 0.3) is 0 Å². The number of ketones is 2. The summed E-state index contributed by atoms with van der Waals surface area (Å²) in [4.78, 5) is 40.8. The van der Waals surface area contributed by atoms with E-state index in [1.807, 2.05) is 27.7 Å². The molecule has 0 aromatic heterocycles. The molecule has 38 heavy (non-hydrogen) atoms. The topological polar surface area (TPSA) is 77.5 Å². The highest BCUT2D eigenvalue weighted by molar-refractivity contribution is 5.92. The number of carbonyl (C=O) groups is 2. The Balaban J connectivity index is 1.73. The van der Waals surface area contributed by atoms with Crippen molar-refractivity contribution >= 4 is 11.6 Å². The summed E-state index contributed by atoms with van der Waals surface area (Å²) in [5, 5.41) is 4.27. The van der Waals surface area contributed by atoms with E-state index in [9.17, 15) is 9.59 Å². The van der Waals surface area contributed by atoms with Crippen LogP contribution in [-0.2, 0) is 28.7 Å². The molecular weight excluding hydrogens is 484 g/mol. The van der Waals surface area contributed by atoms with Crippen molar-refractivity contribution in [2.24, 2.45) is 0 Å². The molecular formula is C30H50N2O6. The highest BCUT2D eigenvalue weighted by atomic mass is 16.7. The molecule has 0 amide bonds. The van der Waals surface area contributed by atoms with E-state index in [4.69, 9.17) is 19.1 Å². The SMILES string of the molecule is CCON1C(C)(C)CC23CC1(C)CC1(C)CC4(CC(C)(C)N1OCC)OC(C)(CC4=O)CC(C)(CC2=O)O3. The lowest BCUT2D eigenvalue weighted by Gasteiger charge is -2.63. The molecule has 8 nitrogen and oxygen atoms in total. The van der Waals surface area contributed by atoms with Gasteiger partial charge >= 0.3 is 0 Å². The molecule has 0 aromatic carbocycles. The number of rotatable bonds is 4. The van der Waals surface area contributed by atoms with Gasteiger partial charge in [-0.15, -0.1) is 0 Å². The molecule has 0 saturated carbocycles. The minimum atomic E-state index is -0.910. The third-order valence-electron chi connectivity index (χ3n) is 9.84. The monoisotopic (exact) mass is 534 g/mol. The fourth-order valence-corrected chi connectivity index (χ4v) is 10.2. The molecule has 5 rings (SSSR count). The smallest absolute Gasteiger partial charge is 0.167 e. The zero-order valence-corrected chi connectivity index (χ0v) is 25.4. The van der Waals surface area contributed by atoms with Crippen LogP contribution >= 0.6 is 0 Å². The molecule has 0 radical (unpaired) electrons. The van der Waals surface area contributed by atoms with Crippen molar-refractivity contribution in [1.82, 2.24) is 10.1 Å². The van der Waals surface area contributed by atoms with Gasteiger partial charge in [-0.2, -0.15) is 10.1 Å². The molecule has 5 fully saturated rings. The Kier molecular flexibility index (Phi) is 6.27. The summed E-state index contributed by atoms with van der Waals surface area (Å²) < 4.78 is 13.9. The van der Waals surface area contributed by atoms with Gasteiger partial charge in [0, 0.05) is 67.1 Å². The Morgan fingerprint density at radius 1 is 0.605 bits per heavy atom. The number of carbonyl (C=O) groups excluding carboxylic acids is 2. The Hall–Kier alpha value is -0.900. The summed E-state index contributed by atoms with van der Waals surface area (Å²) in [5.41, 5.74) is -5.22. The number of piperidine rings is 2. The second kappa shape index (κ2) is 8.32. The largest absolute Gasteiger partial charge is 0.360 e. The first-order chi connectivity index (χ1) is 17.3. The van der Waals surface area contributed by atoms with Crippen LogP contribution in [0.15, 0.2) is 0 Å². The molecule has 8 heteroatoms. The molecule has 0 aromatic rings. The number of Topliss-reactive ketones (excluding diaryl/α,β-unsaturated/α-hetero) is 2. The first-order valence-electron chi connectivity index (χ1n) is 14.6. The van der Waals surface area contributed by atoms with Gasteiger partial charge < -0.3 is 9.47 Å². The molecule has 5 aliphatic heterocycles. The summed E-state index contributed by atoms with van der Waals surface area (Å²) >= 11 is 0. The number of nitrogens with zero attached hydrogens (tertiary/aromatic N) is 2. The third kappa shape index (κ3) is 4.16. The predicted molar refractivity (Wildman–Crippen MR) is 143 cm³/mol. The van der Waals surface area contributed by atoms with Gasteiger partial charge in [-0.05, 0) is 75.7 Å². The van der Waals surface area contributed by atoms with Crippen molar-refractivity contribution in [3.63, 3.8) is 0 Å². The lowest BCUT2D eigenvalue weighted by atomic mass is 9.62. The van der Waals surface area contributed by atoms with Crippen molar-refractivity contribution in [2.75, 3.05) is 13.2 Å². The van der Waals surface area contributed by atoms with E-state index in [-0.39, 0.29) is 11.6 Å². The maximum absolute atomic E-state index is 14.0. The molecule has 6 unspecified atom stereocenters. The number of fused-ring (bicyclic) bond motifs is 4. The highest BCUT2D eigenvalue weighted by Gasteiger charge is 2.70. The van der Waals surface area contributed by atoms with Crippen LogP contribution in [0.3, 0.4) is 0 Å². The summed E-state index contributed by atoms with van der Waals surface area (Å²) in [6.45, 7) is 22.2. The van der Waals surface area contributed by atoms with Crippen molar-refractivity contribution in [3.8, 4) is 0 Å². The first kappa shape index (κ1) is 28.6. The summed E-state index contributed by atoms with van der Waals surface area (Å²) in [5.74, 6) is 0.319. The van der Waals surface area contributed by atoms with Gasteiger partial charge in [0.2, 0.25) is 0 Å². The van der Waals surface area contributed by atoms with E-state index < -0.39 is 44.6 Å². The molecule has 6 atom stereocenters. The van der Waals surface area contributed by atoms with Crippen LogP contribution in [0.2, 0.25) is 0 Å². The van der Waals surface area contributed by atoms with Gasteiger partial charge in [0.05, 0.1) is 24.4 Å². The van der Waals surface area contributed by atoms with Gasteiger partial charge in [0.1, 0.15) is 11.2 Å². The van der Waals surface area contributed by atoms with Gasteiger partial charge in [-0.3, -0.25) is 19.3 Å². The molecule has 5 heterocycles. The minimum absolute atomic E-state index is 0.160. The van der Waals surface area contributed by atoms with Crippen molar-refractivity contribution in [3.05, 3.63) is 0 Å². The zero-order chi connectivity index (χ0) is 28.2. The quantitative estimate of drug-likeness (QED) is 0.503. The second-order valence-electron chi connectivity index (χ2n) is 15.4. The molecule has 5 saturated heterocycles. The summed E-state index contributed by atoms with van der Waals surface area (Å²) in [7, 11) is 0. The molecule has 0 aliphatic carbocycles. The van der Waals surface area contributed by atoms with Crippen LogP contribution in [0.1, 0.15) is 121 Å². The number of hydrogen-bond donors (Lipinski definition) is 0. The van der Waals surface area contributed by atoms with E-state index in [0.717, 1.165) is 0 Å². The minimum Gasteiger partial charge on any atom is -0.360 e. The van der Waals surface area contributed by atoms with Crippen molar-refractivity contribution in [2.45, 2.75) is 165 Å². The first-order valence-corrected chi connectivity index (χ1v) is 14.6. The van der Waals surface area contributed by atoms with Crippen molar-refractivity contribution in [1.29, 1.82) is 0 Å². The summed E-state index contributed by atoms with van der Waals surface area (Å²) in [6, 6.07) is 0. The second-order valence-corrected chi connectivity index (χ2v) is 15.4. The number of hydrogen-bond acceptors (Lipinski definition) is 8. The molecule has 6 bridgehead atoms. The van der Waals surface area contributed by atoms with E-state index >= 15 is 0 Å². The fourth-order valence-electron chi connectivity index (χ4n) is 10.2. The van der Waals surface area contributed by atoms with Gasteiger partial charge in [0.25, 0.3) is 0 Å². The lowest BCUT2D eigenvalue weighted by molar-refractivity contribution is -0.347. The van der Waals surface area contributed by atoms with Gasteiger partial charge in [-0.1, -0.05) is 0 Å². The maximum atomic E-state index is 14.0. The number of ether oxygens (including phenoxy) is 2. The van der Waals surface area contributed by atoms with E-state index in [0.29, 0.717) is 64.6 Å². The highest BCUT2D eigenvalue weighted by Crippen LogP contribution is 2.60. The maximum Gasteiger partial charge on any atom is 0.167 e.